The first kappa shape index (κ1) is 48.0. The molecule has 6 aromatic heterocycles. The number of fused-ring (bicyclic) bond motifs is 2. The Labute approximate surface area is 385 Å². The van der Waals surface area contributed by atoms with Crippen molar-refractivity contribution in [3.05, 3.63) is 156 Å². The van der Waals surface area contributed by atoms with Crippen molar-refractivity contribution in [1.29, 1.82) is 0 Å². The molecule has 6 heterocycles. The van der Waals surface area contributed by atoms with Crippen LogP contribution < -0.4 is 9.80 Å². The summed E-state index contributed by atoms with van der Waals surface area (Å²) in [6.45, 7) is 10.2. The number of aromatic nitrogens is 8. The minimum absolute atomic E-state index is 0.00267. The van der Waals surface area contributed by atoms with Gasteiger partial charge in [-0.15, -0.1) is 0 Å². The first-order chi connectivity index (χ1) is 32.1. The molecule has 14 nitrogen and oxygen atoms in total. The van der Waals surface area contributed by atoms with Gasteiger partial charge in [0, 0.05) is 48.0 Å². The number of alkyl halides is 6. The summed E-state index contributed by atoms with van der Waals surface area (Å²) in [5.74, 6) is 0.162. The van der Waals surface area contributed by atoms with Crippen LogP contribution in [0.1, 0.15) is 63.8 Å². The van der Waals surface area contributed by atoms with Gasteiger partial charge in [0.25, 0.3) is 0 Å². The molecule has 0 fully saturated rings. The Morgan fingerprint density at radius 1 is 0.529 bits per heavy atom. The maximum absolute atomic E-state index is 13.7. The molecule has 0 spiro atoms. The van der Waals surface area contributed by atoms with Gasteiger partial charge in [-0.2, -0.15) is 45.6 Å². The van der Waals surface area contributed by atoms with Crippen molar-refractivity contribution in [3.8, 4) is 22.5 Å². The Hall–Kier alpha value is -7.90. The molecule has 0 saturated heterocycles. The van der Waals surface area contributed by atoms with E-state index < -0.39 is 58.2 Å². The number of pyridine rings is 2. The van der Waals surface area contributed by atoms with Crippen molar-refractivity contribution in [2.24, 2.45) is 0 Å². The maximum atomic E-state index is 13.7. The van der Waals surface area contributed by atoms with Crippen LogP contribution in [0.4, 0.5) is 47.6 Å². The lowest BCUT2D eigenvalue weighted by atomic mass is 10.1. The number of carbonyl (C=O) groups is 2. The molecule has 0 atom stereocenters. The highest BCUT2D eigenvalue weighted by molar-refractivity contribution is 5.89. The zero-order valence-electron chi connectivity index (χ0n) is 37.5. The third-order valence-corrected chi connectivity index (χ3v) is 9.56. The quantitative estimate of drug-likeness (QED) is 0.135. The monoisotopic (exact) mass is 938 g/mol. The number of carbonyl (C=O) groups excluding carboxylic acids is 2. The average molecular weight is 939 g/mol. The van der Waals surface area contributed by atoms with E-state index in [0.717, 1.165) is 9.03 Å². The molecule has 0 aliphatic heterocycles. The summed E-state index contributed by atoms with van der Waals surface area (Å²) in [6.07, 6.45) is -3.13. The van der Waals surface area contributed by atoms with Crippen LogP contribution >= 0.6 is 0 Å². The van der Waals surface area contributed by atoms with Crippen molar-refractivity contribution < 1.29 is 45.4 Å². The van der Waals surface area contributed by atoms with Gasteiger partial charge in [-0.25, -0.2) is 19.6 Å². The molecule has 0 N–H and O–H groups in total. The van der Waals surface area contributed by atoms with Gasteiger partial charge in [0.05, 0.1) is 36.9 Å². The zero-order chi connectivity index (χ0) is 49.0. The largest absolute Gasteiger partial charge is 0.443 e. The topological polar surface area (TPSA) is 145 Å². The van der Waals surface area contributed by atoms with E-state index in [0.29, 0.717) is 34.6 Å². The third kappa shape index (κ3) is 11.5. The number of hydrogen-bond donors (Lipinski definition) is 0. The first-order valence-electron chi connectivity index (χ1n) is 20.9. The summed E-state index contributed by atoms with van der Waals surface area (Å²) < 4.78 is 95.6. The minimum atomic E-state index is -4.68. The minimum Gasteiger partial charge on any atom is -0.443 e. The van der Waals surface area contributed by atoms with E-state index in [-0.39, 0.29) is 36.1 Å². The second kappa shape index (κ2) is 19.1. The van der Waals surface area contributed by atoms with E-state index >= 15 is 0 Å². The molecule has 8 rings (SSSR count). The lowest BCUT2D eigenvalue weighted by Gasteiger charge is -2.28. The summed E-state index contributed by atoms with van der Waals surface area (Å²) in [5, 5.41) is 7.86. The number of hydrogen-bond acceptors (Lipinski definition) is 10. The lowest BCUT2D eigenvalue weighted by molar-refractivity contribution is -0.137. The Morgan fingerprint density at radius 2 is 0.897 bits per heavy atom. The molecule has 0 aliphatic carbocycles. The van der Waals surface area contributed by atoms with Crippen LogP contribution in [-0.2, 0) is 34.9 Å². The number of benzene rings is 2. The van der Waals surface area contributed by atoms with E-state index in [1.54, 1.807) is 151 Å². The van der Waals surface area contributed by atoms with Crippen LogP contribution in [0.5, 0.6) is 0 Å². The molecule has 8 aromatic rings. The third-order valence-electron chi connectivity index (χ3n) is 9.56. The number of ether oxygens (including phenoxy) is 2. The van der Waals surface area contributed by atoms with Crippen LogP contribution in [0.2, 0.25) is 0 Å². The van der Waals surface area contributed by atoms with Gasteiger partial charge in [-0.05, 0) is 64.8 Å². The van der Waals surface area contributed by atoms with E-state index in [9.17, 15) is 35.9 Å². The fraction of sp³-hybridized carbons (Fsp3) is 0.250. The van der Waals surface area contributed by atoms with E-state index in [2.05, 4.69) is 30.1 Å². The molecule has 352 valence electrons. The normalized spacial score (nSPS) is 12.1. The van der Waals surface area contributed by atoms with Crippen molar-refractivity contribution in [2.75, 3.05) is 9.80 Å². The van der Waals surface area contributed by atoms with Gasteiger partial charge in [0.1, 0.15) is 34.0 Å². The van der Waals surface area contributed by atoms with Gasteiger partial charge in [-0.1, -0.05) is 72.8 Å². The molecule has 0 radical (unpaired) electrons. The highest BCUT2D eigenvalue weighted by Crippen LogP contribution is 2.37. The summed E-state index contributed by atoms with van der Waals surface area (Å²) in [7, 11) is 0. The lowest BCUT2D eigenvalue weighted by Crippen LogP contribution is -2.37. The summed E-state index contributed by atoms with van der Waals surface area (Å²) >= 11 is 0. The highest BCUT2D eigenvalue weighted by Gasteiger charge is 2.38. The van der Waals surface area contributed by atoms with E-state index in [4.69, 9.17) is 9.47 Å². The van der Waals surface area contributed by atoms with E-state index in [1.165, 1.54) is 21.9 Å². The van der Waals surface area contributed by atoms with Gasteiger partial charge in [0.15, 0.2) is 11.3 Å². The van der Waals surface area contributed by atoms with Crippen LogP contribution in [0.15, 0.2) is 134 Å². The molecule has 20 heteroatoms. The van der Waals surface area contributed by atoms with Crippen LogP contribution in [0, 0.1) is 0 Å². The van der Waals surface area contributed by atoms with Gasteiger partial charge >= 0.3 is 24.5 Å². The zero-order valence-corrected chi connectivity index (χ0v) is 37.5. The molecule has 68 heavy (non-hydrogen) atoms. The SMILES string of the molecule is CC(C)(C)OC(=O)N(Cc1cccnc1)c1cc(-c2ccccc2)nc2c(C(F)(F)F)cnn12.CC(C)(C)OC(=O)N(Cc1cccnc1)c1cc(-c2ccccc2)nc2c(C(F)(F)F)cnn12. The van der Waals surface area contributed by atoms with Crippen LogP contribution in [0.25, 0.3) is 33.8 Å². The Morgan fingerprint density at radius 3 is 1.21 bits per heavy atom. The highest BCUT2D eigenvalue weighted by atomic mass is 19.4. The smallest absolute Gasteiger partial charge is 0.421 e. The number of halogens is 6. The molecule has 2 amide bonds. The first-order valence-corrected chi connectivity index (χ1v) is 20.9. The van der Waals surface area contributed by atoms with Crippen LogP contribution in [0.3, 0.4) is 0 Å². The number of amides is 2. The van der Waals surface area contributed by atoms with Crippen molar-refractivity contribution in [1.82, 2.24) is 39.2 Å². The van der Waals surface area contributed by atoms with E-state index in [1.807, 2.05) is 0 Å². The predicted molar refractivity (Wildman–Crippen MR) is 240 cm³/mol. The molecule has 0 bridgehead atoms. The fourth-order valence-corrected chi connectivity index (χ4v) is 6.65. The van der Waals surface area contributed by atoms with Crippen molar-refractivity contribution >= 4 is 35.1 Å². The molecule has 0 aliphatic rings. The Balaban J connectivity index is 0.000000201. The van der Waals surface area contributed by atoms with Gasteiger partial charge in [0.2, 0.25) is 0 Å². The molecule has 0 saturated carbocycles. The average Bonchev–Trinajstić information content (AvgIpc) is 3.93. The van der Waals surface area contributed by atoms with Gasteiger partial charge < -0.3 is 9.47 Å². The second-order valence-electron chi connectivity index (χ2n) is 17.2. The second-order valence-corrected chi connectivity index (χ2v) is 17.2. The summed E-state index contributed by atoms with van der Waals surface area (Å²) in [4.78, 5) is 45.6. The number of rotatable bonds is 8. The number of nitrogens with zero attached hydrogens (tertiary/aromatic N) is 10. The molecule has 2 aromatic carbocycles. The molecular formula is C48H44F6N10O4. The summed E-state index contributed by atoms with van der Waals surface area (Å²) in [5.41, 5.74) is -1.49. The standard InChI is InChI=1S/2C24H22F3N5O2/c2*1-23(2,3)34-22(33)31(15-16-8-7-11-28-13-16)20-12-19(17-9-5-4-6-10-17)30-21-18(24(25,26)27)14-29-32(20)21/h2*4-14H,15H2,1-3H3. The van der Waals surface area contributed by atoms with Crippen molar-refractivity contribution in [3.63, 3.8) is 0 Å². The Bertz CT molecular complexity index is 2800. The fourth-order valence-electron chi connectivity index (χ4n) is 6.65. The van der Waals surface area contributed by atoms with Crippen LogP contribution in [-0.4, -0.2) is 62.6 Å². The van der Waals surface area contributed by atoms with Gasteiger partial charge in [-0.3, -0.25) is 19.8 Å². The molecule has 0 unspecified atom stereocenters. The van der Waals surface area contributed by atoms with Crippen molar-refractivity contribution in [2.45, 2.75) is 78.2 Å². The molecular weight excluding hydrogens is 895 g/mol. The number of anilines is 2. The summed E-state index contributed by atoms with van der Waals surface area (Å²) in [6, 6.07) is 27.5. The predicted octanol–water partition coefficient (Wildman–Crippen LogP) is 11.5. The Kier molecular flexibility index (Phi) is 13.5. The maximum Gasteiger partial charge on any atom is 0.421 e.